The van der Waals surface area contributed by atoms with Crippen molar-refractivity contribution >= 4 is 22.7 Å². The highest BCUT2D eigenvalue weighted by Crippen LogP contribution is 2.18. The normalized spacial score (nSPS) is 10.9. The van der Waals surface area contributed by atoms with Gasteiger partial charge in [0, 0.05) is 25.7 Å². The van der Waals surface area contributed by atoms with E-state index in [4.69, 9.17) is 4.42 Å². The van der Waals surface area contributed by atoms with Crippen molar-refractivity contribution in [3.05, 3.63) is 64.6 Å². The zero-order valence-electron chi connectivity index (χ0n) is 13.9. The van der Waals surface area contributed by atoms with Crippen molar-refractivity contribution in [3.8, 4) is 0 Å². The van der Waals surface area contributed by atoms with Crippen molar-refractivity contribution in [1.82, 2.24) is 4.57 Å². The first kappa shape index (κ1) is 16.1. The minimum absolute atomic E-state index is 0.0879. The molecular formula is C19H20N2O3. The summed E-state index contributed by atoms with van der Waals surface area (Å²) in [6.07, 6.45) is 1.04. The SMILES string of the molecule is CCN(C(=O)CCc1ccc2oc(=O)n(C)c2c1)c1ccccc1. The largest absolute Gasteiger partial charge is 0.419 e. The van der Waals surface area contributed by atoms with Crippen LogP contribution >= 0.6 is 0 Å². The number of oxazole rings is 1. The molecule has 3 aromatic rings. The number of rotatable bonds is 5. The van der Waals surface area contributed by atoms with Crippen LogP contribution in [-0.2, 0) is 18.3 Å². The summed E-state index contributed by atoms with van der Waals surface area (Å²) in [7, 11) is 1.68. The molecule has 0 aliphatic carbocycles. The van der Waals surface area contributed by atoms with E-state index >= 15 is 0 Å². The molecule has 0 fully saturated rings. The average molecular weight is 324 g/mol. The Bertz CT molecular complexity index is 909. The van der Waals surface area contributed by atoms with Crippen LogP contribution in [0.4, 0.5) is 5.69 Å². The lowest BCUT2D eigenvalue weighted by atomic mass is 10.1. The summed E-state index contributed by atoms with van der Waals surface area (Å²) in [4.78, 5) is 25.9. The zero-order valence-corrected chi connectivity index (χ0v) is 13.9. The van der Waals surface area contributed by atoms with Gasteiger partial charge in [0.25, 0.3) is 0 Å². The number of carbonyl (C=O) groups excluding carboxylic acids is 1. The predicted octanol–water partition coefficient (Wildman–Crippen LogP) is 3.12. The van der Waals surface area contributed by atoms with Crippen LogP contribution < -0.4 is 10.7 Å². The highest BCUT2D eigenvalue weighted by Gasteiger charge is 2.14. The van der Waals surface area contributed by atoms with Gasteiger partial charge in [-0.15, -0.1) is 0 Å². The Kier molecular flexibility index (Phi) is 4.51. The third-order valence-corrected chi connectivity index (χ3v) is 4.17. The van der Waals surface area contributed by atoms with Crippen molar-refractivity contribution in [3.63, 3.8) is 0 Å². The van der Waals surface area contributed by atoms with E-state index in [0.29, 0.717) is 25.0 Å². The van der Waals surface area contributed by atoms with Gasteiger partial charge in [0.15, 0.2) is 5.58 Å². The van der Waals surface area contributed by atoms with Crippen LogP contribution in [-0.4, -0.2) is 17.0 Å². The molecule has 0 saturated carbocycles. The summed E-state index contributed by atoms with van der Waals surface area (Å²) in [5.74, 6) is -0.288. The molecule has 1 amide bonds. The minimum atomic E-state index is -0.375. The van der Waals surface area contributed by atoms with E-state index in [2.05, 4.69) is 0 Å². The quantitative estimate of drug-likeness (QED) is 0.724. The van der Waals surface area contributed by atoms with Crippen LogP contribution in [0.5, 0.6) is 0 Å². The Labute approximate surface area is 140 Å². The van der Waals surface area contributed by atoms with E-state index in [1.807, 2.05) is 49.4 Å². The topological polar surface area (TPSA) is 55.5 Å². The Balaban J connectivity index is 1.74. The lowest BCUT2D eigenvalue weighted by molar-refractivity contribution is -0.118. The summed E-state index contributed by atoms with van der Waals surface area (Å²) in [5.41, 5.74) is 3.24. The maximum atomic E-state index is 12.5. The van der Waals surface area contributed by atoms with Gasteiger partial charge in [-0.25, -0.2) is 4.79 Å². The van der Waals surface area contributed by atoms with Crippen LogP contribution in [0.25, 0.3) is 11.1 Å². The highest BCUT2D eigenvalue weighted by atomic mass is 16.4. The van der Waals surface area contributed by atoms with Crippen molar-refractivity contribution in [2.75, 3.05) is 11.4 Å². The molecule has 0 N–H and O–H groups in total. The average Bonchev–Trinajstić information content (AvgIpc) is 2.89. The van der Waals surface area contributed by atoms with Gasteiger partial charge in [-0.2, -0.15) is 0 Å². The minimum Gasteiger partial charge on any atom is -0.408 e. The molecule has 0 spiro atoms. The lowest BCUT2D eigenvalue weighted by Crippen LogP contribution is -2.30. The first-order valence-electron chi connectivity index (χ1n) is 8.04. The fourth-order valence-electron chi connectivity index (χ4n) is 2.82. The summed E-state index contributed by atoms with van der Waals surface area (Å²) in [5, 5.41) is 0. The third-order valence-electron chi connectivity index (χ3n) is 4.17. The molecule has 1 aromatic heterocycles. The number of amides is 1. The standard InChI is InChI=1S/C19H20N2O3/c1-3-21(15-7-5-4-6-8-15)18(22)12-10-14-9-11-17-16(13-14)20(2)19(23)24-17/h4-9,11,13H,3,10,12H2,1-2H3. The zero-order chi connectivity index (χ0) is 17.1. The fourth-order valence-corrected chi connectivity index (χ4v) is 2.82. The number of aryl methyl sites for hydroxylation is 2. The Morgan fingerprint density at radius 3 is 2.62 bits per heavy atom. The van der Waals surface area contributed by atoms with Gasteiger partial charge in [-0.05, 0) is 43.2 Å². The van der Waals surface area contributed by atoms with Gasteiger partial charge in [-0.1, -0.05) is 24.3 Å². The Hall–Kier alpha value is -2.82. The van der Waals surface area contributed by atoms with Gasteiger partial charge in [0.1, 0.15) is 0 Å². The molecule has 0 saturated heterocycles. The molecule has 124 valence electrons. The molecule has 0 atom stereocenters. The molecule has 5 nitrogen and oxygen atoms in total. The molecule has 0 unspecified atom stereocenters. The smallest absolute Gasteiger partial charge is 0.408 e. The maximum absolute atomic E-state index is 12.5. The Morgan fingerprint density at radius 1 is 1.17 bits per heavy atom. The maximum Gasteiger partial charge on any atom is 0.419 e. The second kappa shape index (κ2) is 6.74. The molecule has 3 rings (SSSR count). The molecule has 0 radical (unpaired) electrons. The summed E-state index contributed by atoms with van der Waals surface area (Å²) >= 11 is 0. The molecule has 0 aliphatic heterocycles. The van der Waals surface area contributed by atoms with Crippen LogP contribution in [0, 0.1) is 0 Å². The van der Waals surface area contributed by atoms with E-state index in [1.165, 1.54) is 4.57 Å². The van der Waals surface area contributed by atoms with Crippen molar-refractivity contribution in [1.29, 1.82) is 0 Å². The van der Waals surface area contributed by atoms with Gasteiger partial charge < -0.3 is 9.32 Å². The number of benzene rings is 2. The first-order chi connectivity index (χ1) is 11.6. The van der Waals surface area contributed by atoms with E-state index in [9.17, 15) is 9.59 Å². The van der Waals surface area contributed by atoms with Crippen LogP contribution in [0.2, 0.25) is 0 Å². The number of aromatic nitrogens is 1. The highest BCUT2D eigenvalue weighted by molar-refractivity contribution is 5.93. The monoisotopic (exact) mass is 324 g/mol. The van der Waals surface area contributed by atoms with Gasteiger partial charge in [-0.3, -0.25) is 9.36 Å². The van der Waals surface area contributed by atoms with Crippen LogP contribution in [0.15, 0.2) is 57.7 Å². The molecule has 0 aliphatic rings. The van der Waals surface area contributed by atoms with Gasteiger partial charge in [0.05, 0.1) is 5.52 Å². The lowest BCUT2D eigenvalue weighted by Gasteiger charge is -2.21. The Morgan fingerprint density at radius 2 is 1.92 bits per heavy atom. The number of carbonyl (C=O) groups is 1. The van der Waals surface area contributed by atoms with Crippen molar-refractivity contribution in [2.45, 2.75) is 19.8 Å². The second-order valence-corrected chi connectivity index (χ2v) is 5.70. The first-order valence-corrected chi connectivity index (χ1v) is 8.04. The molecule has 1 heterocycles. The second-order valence-electron chi connectivity index (χ2n) is 5.70. The number of hydrogen-bond donors (Lipinski definition) is 0. The number of hydrogen-bond acceptors (Lipinski definition) is 3. The van der Waals surface area contributed by atoms with E-state index < -0.39 is 0 Å². The van der Waals surface area contributed by atoms with Crippen molar-refractivity contribution in [2.24, 2.45) is 7.05 Å². The molecule has 2 aromatic carbocycles. The van der Waals surface area contributed by atoms with Gasteiger partial charge in [0.2, 0.25) is 5.91 Å². The molecular weight excluding hydrogens is 304 g/mol. The molecule has 24 heavy (non-hydrogen) atoms. The van der Waals surface area contributed by atoms with E-state index in [1.54, 1.807) is 18.0 Å². The van der Waals surface area contributed by atoms with Crippen LogP contribution in [0.3, 0.4) is 0 Å². The summed E-state index contributed by atoms with van der Waals surface area (Å²) < 4.78 is 6.60. The number of anilines is 1. The molecule has 0 bridgehead atoms. The third kappa shape index (κ3) is 3.11. The summed E-state index contributed by atoms with van der Waals surface area (Å²) in [6, 6.07) is 15.3. The van der Waals surface area contributed by atoms with Crippen LogP contribution in [0.1, 0.15) is 18.9 Å². The van der Waals surface area contributed by atoms with Crippen molar-refractivity contribution < 1.29 is 9.21 Å². The van der Waals surface area contributed by atoms with Gasteiger partial charge >= 0.3 is 5.76 Å². The fraction of sp³-hybridized carbons (Fsp3) is 0.263. The van der Waals surface area contributed by atoms with E-state index in [-0.39, 0.29) is 11.7 Å². The number of fused-ring (bicyclic) bond motifs is 1. The number of para-hydroxylation sites is 1. The number of nitrogens with zero attached hydrogens (tertiary/aromatic N) is 2. The molecule has 5 heteroatoms. The predicted molar refractivity (Wildman–Crippen MR) is 94.2 cm³/mol. The van der Waals surface area contributed by atoms with E-state index in [0.717, 1.165) is 16.8 Å². The summed E-state index contributed by atoms with van der Waals surface area (Å²) in [6.45, 7) is 2.61.